The van der Waals surface area contributed by atoms with E-state index in [9.17, 15) is 9.18 Å². The molecular formula is C12H14FNO2. The highest BCUT2D eigenvalue weighted by molar-refractivity contribution is 5.73. The van der Waals surface area contributed by atoms with Gasteiger partial charge in [0.25, 0.3) is 0 Å². The van der Waals surface area contributed by atoms with Crippen LogP contribution in [-0.4, -0.2) is 19.6 Å². The van der Waals surface area contributed by atoms with E-state index in [1.54, 1.807) is 6.07 Å². The first-order valence-electron chi connectivity index (χ1n) is 5.27. The number of benzene rings is 1. The van der Waals surface area contributed by atoms with Crippen molar-refractivity contribution in [3.8, 4) is 0 Å². The van der Waals surface area contributed by atoms with Gasteiger partial charge in [0.1, 0.15) is 5.82 Å². The van der Waals surface area contributed by atoms with E-state index in [2.05, 4.69) is 10.1 Å². The van der Waals surface area contributed by atoms with Crippen molar-refractivity contribution in [2.75, 3.05) is 13.7 Å². The Kier molecular flexibility index (Phi) is 3.19. The van der Waals surface area contributed by atoms with Crippen molar-refractivity contribution in [3.05, 3.63) is 35.6 Å². The molecule has 86 valence electrons. The van der Waals surface area contributed by atoms with Gasteiger partial charge >= 0.3 is 5.97 Å². The van der Waals surface area contributed by atoms with Gasteiger partial charge in [-0.1, -0.05) is 12.1 Å². The summed E-state index contributed by atoms with van der Waals surface area (Å²) in [5, 5.41) is 3.20. The number of nitrogens with one attached hydrogen (secondary N) is 1. The third-order valence-corrected chi connectivity index (χ3v) is 2.92. The normalized spacial score (nSPS) is 24.4. The lowest BCUT2D eigenvalue weighted by atomic mass is 10.0. The third kappa shape index (κ3) is 2.22. The predicted octanol–water partition coefficient (Wildman–Crippen LogP) is 1.65. The van der Waals surface area contributed by atoms with Crippen molar-refractivity contribution in [2.24, 2.45) is 5.92 Å². The summed E-state index contributed by atoms with van der Waals surface area (Å²) < 4.78 is 17.7. The van der Waals surface area contributed by atoms with Crippen LogP contribution in [0.1, 0.15) is 18.0 Å². The fourth-order valence-electron chi connectivity index (χ4n) is 2.06. The fraction of sp³-hybridized carbons (Fsp3) is 0.417. The lowest BCUT2D eigenvalue weighted by Crippen LogP contribution is -2.19. The van der Waals surface area contributed by atoms with Crippen LogP contribution in [0.4, 0.5) is 4.39 Å². The molecule has 1 fully saturated rings. The van der Waals surface area contributed by atoms with Gasteiger partial charge in [0.2, 0.25) is 0 Å². The molecule has 0 amide bonds. The molecule has 0 spiro atoms. The Bertz CT molecular complexity index is 394. The molecule has 1 aromatic carbocycles. The van der Waals surface area contributed by atoms with Gasteiger partial charge in [-0.3, -0.25) is 4.79 Å². The Balaban J connectivity index is 2.06. The number of ether oxygens (including phenoxy) is 1. The Hall–Kier alpha value is -1.42. The minimum atomic E-state index is -0.249. The molecule has 1 aliphatic heterocycles. The molecule has 16 heavy (non-hydrogen) atoms. The van der Waals surface area contributed by atoms with Crippen LogP contribution in [0.15, 0.2) is 24.3 Å². The molecule has 1 N–H and O–H groups in total. The van der Waals surface area contributed by atoms with Gasteiger partial charge in [-0.25, -0.2) is 4.39 Å². The van der Waals surface area contributed by atoms with E-state index in [0.717, 1.165) is 5.56 Å². The Morgan fingerprint density at radius 1 is 1.56 bits per heavy atom. The van der Waals surface area contributed by atoms with Gasteiger partial charge < -0.3 is 10.1 Å². The summed E-state index contributed by atoms with van der Waals surface area (Å²) >= 11 is 0. The Morgan fingerprint density at radius 3 is 3.06 bits per heavy atom. The SMILES string of the molecule is COC(=O)C1CNC(c2cccc(F)c2)C1. The second-order valence-electron chi connectivity index (χ2n) is 3.97. The van der Waals surface area contributed by atoms with Crippen LogP contribution < -0.4 is 5.32 Å². The average molecular weight is 223 g/mol. The molecule has 1 heterocycles. The molecule has 0 bridgehead atoms. The second kappa shape index (κ2) is 4.61. The van der Waals surface area contributed by atoms with E-state index in [1.807, 2.05) is 6.07 Å². The minimum Gasteiger partial charge on any atom is -0.469 e. The number of esters is 1. The van der Waals surface area contributed by atoms with Crippen LogP contribution in [0.3, 0.4) is 0 Å². The molecule has 2 unspecified atom stereocenters. The van der Waals surface area contributed by atoms with Gasteiger partial charge in [-0.2, -0.15) is 0 Å². The average Bonchev–Trinajstić information content (AvgIpc) is 2.77. The lowest BCUT2D eigenvalue weighted by molar-refractivity contribution is -0.144. The maximum atomic E-state index is 13.0. The van der Waals surface area contributed by atoms with Crippen molar-refractivity contribution in [2.45, 2.75) is 12.5 Å². The van der Waals surface area contributed by atoms with E-state index < -0.39 is 0 Å². The molecule has 1 aliphatic rings. The van der Waals surface area contributed by atoms with Gasteiger partial charge in [0, 0.05) is 12.6 Å². The largest absolute Gasteiger partial charge is 0.469 e. The molecule has 0 aliphatic carbocycles. The van der Waals surface area contributed by atoms with Crippen molar-refractivity contribution >= 4 is 5.97 Å². The van der Waals surface area contributed by atoms with E-state index in [-0.39, 0.29) is 23.7 Å². The van der Waals surface area contributed by atoms with Gasteiger partial charge in [0.15, 0.2) is 0 Å². The number of hydrogen-bond donors (Lipinski definition) is 1. The highest BCUT2D eigenvalue weighted by Gasteiger charge is 2.30. The molecule has 1 saturated heterocycles. The summed E-state index contributed by atoms with van der Waals surface area (Å²) in [4.78, 5) is 11.3. The van der Waals surface area contributed by atoms with Crippen molar-refractivity contribution in [1.29, 1.82) is 0 Å². The van der Waals surface area contributed by atoms with Crippen molar-refractivity contribution < 1.29 is 13.9 Å². The summed E-state index contributed by atoms with van der Waals surface area (Å²) in [7, 11) is 1.39. The lowest BCUT2D eigenvalue weighted by Gasteiger charge is -2.10. The molecule has 2 rings (SSSR count). The maximum absolute atomic E-state index is 13.0. The first kappa shape index (κ1) is 11.1. The molecule has 4 heteroatoms. The summed E-state index contributed by atoms with van der Waals surface area (Å²) in [5.74, 6) is -0.578. The highest BCUT2D eigenvalue weighted by Crippen LogP contribution is 2.27. The van der Waals surface area contributed by atoms with Crippen LogP contribution in [0.2, 0.25) is 0 Å². The topological polar surface area (TPSA) is 38.3 Å². The summed E-state index contributed by atoms with van der Waals surface area (Å²) in [6.07, 6.45) is 0.663. The molecule has 0 aromatic heterocycles. The quantitative estimate of drug-likeness (QED) is 0.775. The zero-order valence-corrected chi connectivity index (χ0v) is 9.07. The molecular weight excluding hydrogens is 209 g/mol. The van der Waals surface area contributed by atoms with E-state index in [4.69, 9.17) is 0 Å². The highest BCUT2D eigenvalue weighted by atomic mass is 19.1. The van der Waals surface area contributed by atoms with Crippen molar-refractivity contribution in [1.82, 2.24) is 5.32 Å². The molecule has 2 atom stereocenters. The fourth-order valence-corrected chi connectivity index (χ4v) is 2.06. The first-order valence-corrected chi connectivity index (χ1v) is 5.27. The minimum absolute atomic E-state index is 0.0415. The first-order chi connectivity index (χ1) is 7.70. The van der Waals surface area contributed by atoms with Crippen LogP contribution >= 0.6 is 0 Å². The van der Waals surface area contributed by atoms with Crippen LogP contribution in [0.25, 0.3) is 0 Å². The summed E-state index contributed by atoms with van der Waals surface area (Å²) in [6, 6.07) is 6.49. The number of carbonyl (C=O) groups is 1. The number of methoxy groups -OCH3 is 1. The predicted molar refractivity (Wildman–Crippen MR) is 57.3 cm³/mol. The molecule has 0 saturated carbocycles. The van der Waals surface area contributed by atoms with E-state index in [0.29, 0.717) is 13.0 Å². The molecule has 1 aromatic rings. The second-order valence-corrected chi connectivity index (χ2v) is 3.97. The van der Waals surface area contributed by atoms with Crippen LogP contribution in [0.5, 0.6) is 0 Å². The third-order valence-electron chi connectivity index (χ3n) is 2.92. The van der Waals surface area contributed by atoms with E-state index in [1.165, 1.54) is 19.2 Å². The summed E-state index contributed by atoms with van der Waals surface area (Å²) in [5.41, 5.74) is 0.881. The van der Waals surface area contributed by atoms with Crippen LogP contribution in [-0.2, 0) is 9.53 Å². The monoisotopic (exact) mass is 223 g/mol. The smallest absolute Gasteiger partial charge is 0.310 e. The number of carbonyl (C=O) groups excluding carboxylic acids is 1. The summed E-state index contributed by atoms with van der Waals surface area (Å²) in [6.45, 7) is 0.591. The zero-order chi connectivity index (χ0) is 11.5. The maximum Gasteiger partial charge on any atom is 0.310 e. The van der Waals surface area contributed by atoms with Gasteiger partial charge in [-0.15, -0.1) is 0 Å². The van der Waals surface area contributed by atoms with Gasteiger partial charge in [-0.05, 0) is 24.1 Å². The number of halogens is 1. The zero-order valence-electron chi connectivity index (χ0n) is 9.07. The van der Waals surface area contributed by atoms with Gasteiger partial charge in [0.05, 0.1) is 13.0 Å². The van der Waals surface area contributed by atoms with E-state index >= 15 is 0 Å². The molecule has 0 radical (unpaired) electrons. The van der Waals surface area contributed by atoms with Crippen LogP contribution in [0, 0.1) is 11.7 Å². The number of hydrogen-bond acceptors (Lipinski definition) is 3. The number of rotatable bonds is 2. The Morgan fingerprint density at radius 2 is 2.38 bits per heavy atom. The van der Waals surface area contributed by atoms with Crippen molar-refractivity contribution in [3.63, 3.8) is 0 Å². The molecule has 3 nitrogen and oxygen atoms in total. The Labute approximate surface area is 93.6 Å². The standard InChI is InChI=1S/C12H14FNO2/c1-16-12(15)9-6-11(14-7-9)8-3-2-4-10(13)5-8/h2-5,9,11,14H,6-7H2,1H3.